The van der Waals surface area contributed by atoms with Crippen molar-refractivity contribution in [1.82, 2.24) is 0 Å². The zero-order valence-electron chi connectivity index (χ0n) is 11.3. The third-order valence-electron chi connectivity index (χ3n) is 2.57. The van der Waals surface area contributed by atoms with Gasteiger partial charge in [0.25, 0.3) is 0 Å². The first-order valence-electron chi connectivity index (χ1n) is 6.26. The van der Waals surface area contributed by atoms with Gasteiger partial charge >= 0.3 is 11.9 Å². The Labute approximate surface area is 121 Å². The molecule has 0 heterocycles. The van der Waals surface area contributed by atoms with Crippen molar-refractivity contribution in [2.45, 2.75) is 20.3 Å². The van der Waals surface area contributed by atoms with E-state index < -0.39 is 23.7 Å². The highest BCUT2D eigenvalue weighted by atomic mass is 35.5. The van der Waals surface area contributed by atoms with E-state index in [1.54, 1.807) is 13.8 Å². The first kappa shape index (κ1) is 16.4. The summed E-state index contributed by atoms with van der Waals surface area (Å²) in [5.41, 5.74) is 0.558. The fraction of sp³-hybridized carbons (Fsp3) is 0.429. The van der Waals surface area contributed by atoms with Crippen LogP contribution in [0.15, 0.2) is 18.2 Å². The van der Waals surface area contributed by atoms with Gasteiger partial charge < -0.3 is 9.47 Å². The lowest BCUT2D eigenvalue weighted by atomic mass is 9.99. The Bertz CT molecular complexity index is 472. The van der Waals surface area contributed by atoms with Crippen LogP contribution < -0.4 is 0 Å². The van der Waals surface area contributed by atoms with Crippen molar-refractivity contribution in [2.75, 3.05) is 13.2 Å². The number of halogens is 2. The van der Waals surface area contributed by atoms with E-state index in [1.165, 1.54) is 18.2 Å². The molecule has 0 saturated carbocycles. The topological polar surface area (TPSA) is 52.6 Å². The number of hydrogen-bond acceptors (Lipinski definition) is 4. The molecule has 0 spiro atoms. The van der Waals surface area contributed by atoms with Crippen LogP contribution in [0.3, 0.4) is 0 Å². The molecule has 1 aromatic carbocycles. The molecule has 0 bridgehead atoms. The van der Waals surface area contributed by atoms with Crippen LogP contribution in [0, 0.1) is 11.7 Å². The molecule has 0 radical (unpaired) electrons. The normalized spacial score (nSPS) is 10.4. The van der Waals surface area contributed by atoms with Gasteiger partial charge in [0.15, 0.2) is 5.92 Å². The standard InChI is InChI=1S/C14H16ClFO4/c1-3-19-13(17)10(14(18)20-4-2)7-9-5-6-12(16)11(15)8-9/h5-6,8,10H,3-4,7H2,1-2H3. The lowest BCUT2D eigenvalue weighted by Crippen LogP contribution is -2.30. The quantitative estimate of drug-likeness (QED) is 0.599. The fourth-order valence-corrected chi connectivity index (χ4v) is 1.85. The van der Waals surface area contributed by atoms with Gasteiger partial charge in [0.1, 0.15) is 5.82 Å². The van der Waals surface area contributed by atoms with E-state index in [1.807, 2.05) is 0 Å². The Morgan fingerprint density at radius 3 is 2.20 bits per heavy atom. The molecule has 0 aromatic heterocycles. The SMILES string of the molecule is CCOC(=O)C(Cc1ccc(F)c(Cl)c1)C(=O)OCC. The van der Waals surface area contributed by atoms with Gasteiger partial charge in [-0.1, -0.05) is 17.7 Å². The van der Waals surface area contributed by atoms with Crippen molar-refractivity contribution in [2.24, 2.45) is 5.92 Å². The summed E-state index contributed by atoms with van der Waals surface area (Å²) in [6.07, 6.45) is 0.0532. The number of carbonyl (C=O) groups is 2. The summed E-state index contributed by atoms with van der Waals surface area (Å²) in [5.74, 6) is -2.95. The Hall–Kier alpha value is -1.62. The summed E-state index contributed by atoms with van der Waals surface area (Å²) in [4.78, 5) is 23.6. The number of carbonyl (C=O) groups excluding carboxylic acids is 2. The lowest BCUT2D eigenvalue weighted by molar-refractivity contribution is -0.161. The Kier molecular flexibility index (Phi) is 6.45. The third-order valence-corrected chi connectivity index (χ3v) is 2.86. The van der Waals surface area contributed by atoms with Crippen LogP contribution >= 0.6 is 11.6 Å². The molecule has 4 nitrogen and oxygen atoms in total. The average molecular weight is 303 g/mol. The highest BCUT2D eigenvalue weighted by Gasteiger charge is 2.29. The average Bonchev–Trinajstić information content (AvgIpc) is 2.40. The Morgan fingerprint density at radius 2 is 1.75 bits per heavy atom. The largest absolute Gasteiger partial charge is 0.465 e. The molecule has 0 aliphatic carbocycles. The molecule has 0 amide bonds. The van der Waals surface area contributed by atoms with Crippen LogP contribution in [0.25, 0.3) is 0 Å². The third kappa shape index (κ3) is 4.49. The van der Waals surface area contributed by atoms with Crippen LogP contribution in [0.1, 0.15) is 19.4 Å². The molecule has 0 aliphatic rings. The van der Waals surface area contributed by atoms with Gasteiger partial charge in [0, 0.05) is 0 Å². The maximum Gasteiger partial charge on any atom is 0.320 e. The maximum atomic E-state index is 13.1. The summed E-state index contributed by atoms with van der Waals surface area (Å²) in [5, 5.41) is -0.0611. The zero-order chi connectivity index (χ0) is 15.1. The molecule has 110 valence electrons. The number of benzene rings is 1. The first-order chi connectivity index (χ1) is 9.49. The minimum Gasteiger partial charge on any atom is -0.465 e. The van der Waals surface area contributed by atoms with Gasteiger partial charge in [-0.15, -0.1) is 0 Å². The molecule has 1 aromatic rings. The minimum atomic E-state index is -1.07. The first-order valence-corrected chi connectivity index (χ1v) is 6.64. The second-order valence-corrected chi connectivity index (χ2v) is 4.42. The number of ether oxygens (including phenoxy) is 2. The van der Waals surface area contributed by atoms with Gasteiger partial charge in [-0.05, 0) is 38.0 Å². The van der Waals surface area contributed by atoms with Crippen LogP contribution in [0.5, 0.6) is 0 Å². The van der Waals surface area contributed by atoms with E-state index in [-0.39, 0.29) is 24.7 Å². The van der Waals surface area contributed by atoms with Gasteiger partial charge in [0.05, 0.1) is 18.2 Å². The smallest absolute Gasteiger partial charge is 0.320 e. The summed E-state index contributed by atoms with van der Waals surface area (Å²) < 4.78 is 22.8. The molecule has 1 rings (SSSR count). The number of hydrogen-bond donors (Lipinski definition) is 0. The second-order valence-electron chi connectivity index (χ2n) is 4.01. The zero-order valence-corrected chi connectivity index (χ0v) is 12.1. The fourth-order valence-electron chi connectivity index (χ4n) is 1.65. The molecular formula is C14H16ClFO4. The highest BCUT2D eigenvalue weighted by Crippen LogP contribution is 2.19. The molecule has 0 saturated heterocycles. The molecule has 0 aliphatic heterocycles. The van der Waals surface area contributed by atoms with E-state index in [0.29, 0.717) is 5.56 Å². The monoisotopic (exact) mass is 302 g/mol. The van der Waals surface area contributed by atoms with Crippen LogP contribution in [-0.2, 0) is 25.5 Å². The molecule has 6 heteroatoms. The van der Waals surface area contributed by atoms with Crippen molar-refractivity contribution in [3.8, 4) is 0 Å². The molecule has 20 heavy (non-hydrogen) atoms. The summed E-state index contributed by atoms with van der Waals surface area (Å²) >= 11 is 5.67. The second kappa shape index (κ2) is 7.85. The lowest BCUT2D eigenvalue weighted by Gasteiger charge is -2.14. The Morgan fingerprint density at radius 1 is 1.20 bits per heavy atom. The van der Waals surface area contributed by atoms with E-state index in [2.05, 4.69) is 0 Å². The maximum absolute atomic E-state index is 13.1. The van der Waals surface area contributed by atoms with Gasteiger partial charge in [-0.25, -0.2) is 4.39 Å². The van der Waals surface area contributed by atoms with Crippen molar-refractivity contribution in [3.05, 3.63) is 34.6 Å². The predicted octanol–water partition coefficient (Wildman–Crippen LogP) is 2.76. The number of rotatable bonds is 6. The van der Waals surface area contributed by atoms with Crippen LogP contribution in [-0.4, -0.2) is 25.2 Å². The molecule has 0 N–H and O–H groups in total. The van der Waals surface area contributed by atoms with Crippen LogP contribution in [0.4, 0.5) is 4.39 Å². The summed E-state index contributed by atoms with van der Waals surface area (Å²) in [6, 6.07) is 4.03. The summed E-state index contributed by atoms with van der Waals surface area (Å²) in [7, 11) is 0. The van der Waals surface area contributed by atoms with E-state index in [9.17, 15) is 14.0 Å². The van der Waals surface area contributed by atoms with Gasteiger partial charge in [0.2, 0.25) is 0 Å². The number of esters is 2. The van der Waals surface area contributed by atoms with Crippen LogP contribution in [0.2, 0.25) is 5.02 Å². The summed E-state index contributed by atoms with van der Waals surface area (Å²) in [6.45, 7) is 3.63. The minimum absolute atomic E-state index is 0.0532. The van der Waals surface area contributed by atoms with E-state index in [4.69, 9.17) is 21.1 Å². The van der Waals surface area contributed by atoms with Crippen molar-refractivity contribution in [3.63, 3.8) is 0 Å². The molecule has 0 atom stereocenters. The Balaban J connectivity index is 2.90. The highest BCUT2D eigenvalue weighted by molar-refractivity contribution is 6.30. The van der Waals surface area contributed by atoms with Gasteiger partial charge in [-0.2, -0.15) is 0 Å². The molecular weight excluding hydrogens is 287 g/mol. The molecule has 0 unspecified atom stereocenters. The molecule has 0 fully saturated rings. The van der Waals surface area contributed by atoms with Crippen molar-refractivity contribution >= 4 is 23.5 Å². The van der Waals surface area contributed by atoms with Crippen molar-refractivity contribution in [1.29, 1.82) is 0 Å². The predicted molar refractivity (Wildman–Crippen MR) is 71.9 cm³/mol. The van der Waals surface area contributed by atoms with E-state index in [0.717, 1.165) is 0 Å². The van der Waals surface area contributed by atoms with Crippen molar-refractivity contribution < 1.29 is 23.5 Å². The van der Waals surface area contributed by atoms with Gasteiger partial charge in [-0.3, -0.25) is 9.59 Å². The van der Waals surface area contributed by atoms with E-state index >= 15 is 0 Å².